The zero-order valence-corrected chi connectivity index (χ0v) is 9.29. The van der Waals surface area contributed by atoms with Crippen LogP contribution in [0.3, 0.4) is 0 Å². The minimum absolute atomic E-state index is 0.0883. The van der Waals surface area contributed by atoms with Crippen LogP contribution in [0.15, 0.2) is 0 Å². The Kier molecular flexibility index (Phi) is 2.88. The Morgan fingerprint density at radius 3 is 2.94 bits per heavy atom. The van der Waals surface area contributed by atoms with Crippen molar-refractivity contribution in [1.82, 2.24) is 20.2 Å². The number of ether oxygens (including phenoxy) is 1. The summed E-state index contributed by atoms with van der Waals surface area (Å²) in [7, 11) is 1.57. The lowest BCUT2D eigenvalue weighted by atomic mass is 9.78. The second-order valence-electron chi connectivity index (χ2n) is 3.98. The summed E-state index contributed by atoms with van der Waals surface area (Å²) in [4.78, 5) is 24.4. The number of hydrogen-bond acceptors (Lipinski definition) is 6. The average Bonchev–Trinajstić information content (AvgIpc) is 2.67. The highest BCUT2D eigenvalue weighted by molar-refractivity contribution is 6.03. The molecule has 1 atom stereocenters. The highest BCUT2D eigenvalue weighted by Gasteiger charge is 2.49. The number of carbonyl (C=O) groups is 2. The average molecular weight is 240 g/mol. The molecular weight excluding hydrogens is 228 g/mol. The molecular formula is C9H12N4O4. The van der Waals surface area contributed by atoms with Crippen LogP contribution >= 0.6 is 0 Å². The summed E-state index contributed by atoms with van der Waals surface area (Å²) < 4.78 is 5.11. The highest BCUT2D eigenvalue weighted by atomic mass is 16.5. The molecule has 0 spiro atoms. The first-order chi connectivity index (χ1) is 8.04. The lowest BCUT2D eigenvalue weighted by molar-refractivity contribution is -0.164. The van der Waals surface area contributed by atoms with Crippen molar-refractivity contribution >= 4 is 11.8 Å². The fraction of sp³-hybridized carbons (Fsp3) is 0.667. The van der Waals surface area contributed by atoms with Crippen molar-refractivity contribution in [2.24, 2.45) is 12.5 Å². The Morgan fingerprint density at radius 1 is 1.65 bits per heavy atom. The summed E-state index contributed by atoms with van der Waals surface area (Å²) in [5.41, 5.74) is -1.57. The summed E-state index contributed by atoms with van der Waals surface area (Å²) in [6, 6.07) is 0. The van der Waals surface area contributed by atoms with Gasteiger partial charge in [0.25, 0.3) is 0 Å². The van der Waals surface area contributed by atoms with Gasteiger partial charge in [-0.25, -0.2) is 0 Å². The topological polar surface area (TPSA) is 107 Å². The molecule has 0 saturated carbocycles. The highest BCUT2D eigenvalue weighted by Crippen LogP contribution is 2.28. The van der Waals surface area contributed by atoms with Gasteiger partial charge in [-0.3, -0.25) is 9.59 Å². The zero-order chi connectivity index (χ0) is 12.5. The largest absolute Gasteiger partial charge is 0.480 e. The van der Waals surface area contributed by atoms with E-state index in [1.807, 2.05) is 0 Å². The smallest absolute Gasteiger partial charge is 0.320 e. The van der Waals surface area contributed by atoms with Gasteiger partial charge in [0, 0.05) is 12.8 Å². The van der Waals surface area contributed by atoms with Crippen molar-refractivity contribution in [2.75, 3.05) is 13.2 Å². The van der Waals surface area contributed by atoms with Crippen LogP contribution in [0.1, 0.15) is 12.2 Å². The van der Waals surface area contributed by atoms with Gasteiger partial charge < -0.3 is 9.84 Å². The lowest BCUT2D eigenvalue weighted by Gasteiger charge is -2.30. The van der Waals surface area contributed by atoms with E-state index >= 15 is 0 Å². The fourth-order valence-electron chi connectivity index (χ4n) is 1.80. The number of tetrazole rings is 1. The molecule has 1 unspecified atom stereocenters. The monoisotopic (exact) mass is 240 g/mol. The molecule has 1 aliphatic heterocycles. The van der Waals surface area contributed by atoms with Crippen molar-refractivity contribution < 1.29 is 19.4 Å². The predicted octanol–water partition coefficient (Wildman–Crippen LogP) is -1.19. The van der Waals surface area contributed by atoms with Crippen LogP contribution in [0.5, 0.6) is 0 Å². The Morgan fingerprint density at radius 2 is 2.41 bits per heavy atom. The first-order valence-corrected chi connectivity index (χ1v) is 5.12. The molecule has 1 aromatic heterocycles. The van der Waals surface area contributed by atoms with E-state index in [1.165, 1.54) is 4.80 Å². The number of rotatable bonds is 3. The Labute approximate surface area is 96.6 Å². The molecule has 92 valence electrons. The summed E-state index contributed by atoms with van der Waals surface area (Å²) >= 11 is 0. The Balaban J connectivity index is 2.28. The maximum absolute atomic E-state index is 11.8. The molecule has 1 aromatic rings. The number of aryl methyl sites for hydroxylation is 1. The van der Waals surface area contributed by atoms with E-state index in [4.69, 9.17) is 4.74 Å². The number of carbonyl (C=O) groups excluding carboxylic acids is 1. The molecule has 2 rings (SSSR count). The molecule has 0 aromatic carbocycles. The molecule has 1 saturated heterocycles. The third-order valence-electron chi connectivity index (χ3n) is 2.77. The van der Waals surface area contributed by atoms with Crippen LogP contribution in [0.25, 0.3) is 0 Å². The maximum atomic E-state index is 11.8. The molecule has 8 nitrogen and oxygen atoms in total. The van der Waals surface area contributed by atoms with Gasteiger partial charge in [-0.1, -0.05) is 0 Å². The Hall–Kier alpha value is -1.83. The zero-order valence-electron chi connectivity index (χ0n) is 9.29. The van der Waals surface area contributed by atoms with Gasteiger partial charge >= 0.3 is 5.97 Å². The number of aliphatic carboxylic acids is 1. The van der Waals surface area contributed by atoms with Crippen molar-refractivity contribution in [1.29, 1.82) is 0 Å². The fourth-order valence-corrected chi connectivity index (χ4v) is 1.80. The van der Waals surface area contributed by atoms with Gasteiger partial charge in [0.15, 0.2) is 17.0 Å². The SMILES string of the molecule is Cn1nnc(CC2(C(=O)O)COCCC2=O)n1. The minimum atomic E-state index is -1.57. The second kappa shape index (κ2) is 4.21. The Bertz CT molecular complexity index is 458. The number of carboxylic acid groups (broad SMARTS) is 1. The van der Waals surface area contributed by atoms with E-state index in [-0.39, 0.29) is 37.7 Å². The molecule has 1 fully saturated rings. The quantitative estimate of drug-likeness (QED) is 0.662. The molecule has 2 heterocycles. The number of carboxylic acids is 1. The first kappa shape index (κ1) is 11.6. The molecule has 0 amide bonds. The van der Waals surface area contributed by atoms with E-state index in [9.17, 15) is 14.7 Å². The molecule has 0 radical (unpaired) electrons. The number of aromatic nitrogens is 4. The first-order valence-electron chi connectivity index (χ1n) is 5.12. The van der Waals surface area contributed by atoms with Gasteiger partial charge in [0.05, 0.1) is 20.3 Å². The van der Waals surface area contributed by atoms with Crippen LogP contribution < -0.4 is 0 Å². The van der Waals surface area contributed by atoms with E-state index < -0.39 is 11.4 Å². The molecule has 0 aliphatic carbocycles. The molecule has 1 aliphatic rings. The molecule has 17 heavy (non-hydrogen) atoms. The van der Waals surface area contributed by atoms with Crippen molar-refractivity contribution in [3.05, 3.63) is 5.82 Å². The van der Waals surface area contributed by atoms with Crippen molar-refractivity contribution in [3.63, 3.8) is 0 Å². The summed E-state index contributed by atoms with van der Waals surface area (Å²) in [6.07, 6.45) is 0.0154. The summed E-state index contributed by atoms with van der Waals surface area (Å²) in [6.45, 7) is 0.126. The maximum Gasteiger partial charge on any atom is 0.320 e. The molecule has 0 bridgehead atoms. The summed E-state index contributed by atoms with van der Waals surface area (Å²) in [5, 5.41) is 20.4. The van der Waals surface area contributed by atoms with Crippen LogP contribution in [0, 0.1) is 5.41 Å². The number of nitrogens with zero attached hydrogens (tertiary/aromatic N) is 4. The van der Waals surface area contributed by atoms with Crippen LogP contribution in [0.2, 0.25) is 0 Å². The van der Waals surface area contributed by atoms with E-state index in [1.54, 1.807) is 7.05 Å². The number of Topliss-reactive ketones (excluding diaryl/α,β-unsaturated/α-hetero) is 1. The van der Waals surface area contributed by atoms with Gasteiger partial charge in [-0.05, 0) is 5.21 Å². The number of ketones is 1. The van der Waals surface area contributed by atoms with Crippen molar-refractivity contribution in [2.45, 2.75) is 12.8 Å². The van der Waals surface area contributed by atoms with Crippen LogP contribution in [0.4, 0.5) is 0 Å². The number of hydrogen-bond donors (Lipinski definition) is 1. The van der Waals surface area contributed by atoms with Gasteiger partial charge in [-0.2, -0.15) is 4.80 Å². The minimum Gasteiger partial charge on any atom is -0.480 e. The van der Waals surface area contributed by atoms with Crippen LogP contribution in [-0.4, -0.2) is 50.3 Å². The predicted molar refractivity (Wildman–Crippen MR) is 53.0 cm³/mol. The standard InChI is InChI=1S/C9H12N4O4/c1-13-11-7(10-12-13)4-9(8(15)16)5-17-3-2-6(9)14/h2-5H2,1H3,(H,15,16). The normalized spacial score (nSPS) is 24.9. The van der Waals surface area contributed by atoms with Gasteiger partial charge in [0.2, 0.25) is 0 Å². The van der Waals surface area contributed by atoms with E-state index in [0.29, 0.717) is 0 Å². The van der Waals surface area contributed by atoms with Gasteiger partial charge in [0.1, 0.15) is 0 Å². The van der Waals surface area contributed by atoms with E-state index in [2.05, 4.69) is 15.4 Å². The third-order valence-corrected chi connectivity index (χ3v) is 2.77. The second-order valence-corrected chi connectivity index (χ2v) is 3.98. The lowest BCUT2D eigenvalue weighted by Crippen LogP contribution is -2.48. The summed E-state index contributed by atoms with van der Waals surface area (Å²) in [5.74, 6) is -1.31. The van der Waals surface area contributed by atoms with Crippen LogP contribution in [-0.2, 0) is 27.8 Å². The molecule has 1 N–H and O–H groups in total. The van der Waals surface area contributed by atoms with Gasteiger partial charge in [-0.15, -0.1) is 10.2 Å². The van der Waals surface area contributed by atoms with Crippen molar-refractivity contribution in [3.8, 4) is 0 Å². The molecule has 8 heteroatoms. The van der Waals surface area contributed by atoms with E-state index in [0.717, 1.165) is 0 Å². The third kappa shape index (κ3) is 2.03.